The number of amides is 3. The Morgan fingerprint density at radius 2 is 0.912 bits per heavy atom. The number of likely N-dealkylation sites (tertiary alicyclic amines) is 2. The zero-order valence-electron chi connectivity index (χ0n) is 64.2. The number of hydrogen-bond acceptors (Lipinski definition) is 25. The number of halogens is 5. The first-order chi connectivity index (χ1) is 54.8. The quantitative estimate of drug-likeness (QED) is 0.0188. The fourth-order valence-corrected chi connectivity index (χ4v) is 11.4. The average molecular weight is 1610 g/mol. The molecule has 6 aromatic heterocycles. The number of aromatic nitrogens is 9. The molecule has 3 aliphatic heterocycles. The number of aliphatic hydroxyl groups is 1. The lowest BCUT2D eigenvalue weighted by atomic mass is 10.2. The van der Waals surface area contributed by atoms with Crippen molar-refractivity contribution in [2.24, 2.45) is 0 Å². The number of carbonyl (C=O) groups is 3. The van der Waals surface area contributed by atoms with Gasteiger partial charge in [0, 0.05) is 97.7 Å². The molecule has 28 nitrogen and oxygen atoms in total. The zero-order valence-corrected chi connectivity index (χ0v) is 65.7. The smallest absolute Gasteiger partial charge is 0.411 e. The van der Waals surface area contributed by atoms with Gasteiger partial charge >= 0.3 is 18.3 Å². The second-order valence-electron chi connectivity index (χ2n) is 27.9. The summed E-state index contributed by atoms with van der Waals surface area (Å²) in [5.41, 5.74) is 16.0. The normalized spacial score (nSPS) is 14.8. The molecule has 0 aliphatic carbocycles. The van der Waals surface area contributed by atoms with E-state index in [9.17, 15) is 27.6 Å². The van der Waals surface area contributed by atoms with Crippen LogP contribution in [0.2, 0.25) is 0 Å². The number of alkyl halides is 2. The average Bonchev–Trinajstić information content (AvgIpc) is 0.941. The molecule has 3 saturated heterocycles. The van der Waals surface area contributed by atoms with Crippen LogP contribution in [0.4, 0.5) is 61.7 Å². The lowest BCUT2D eigenvalue weighted by Gasteiger charge is -2.29. The summed E-state index contributed by atoms with van der Waals surface area (Å²) in [4.78, 5) is 79.4. The molecule has 3 atom stereocenters. The summed E-state index contributed by atoms with van der Waals surface area (Å²) in [5.74, 6) is 1.73. The minimum atomic E-state index is -0.596. The molecular formula is C81H93Cl2F3N18O10. The van der Waals surface area contributed by atoms with Crippen LogP contribution in [0, 0.1) is 17.5 Å². The van der Waals surface area contributed by atoms with E-state index in [1.807, 2.05) is 71.9 Å². The molecule has 10 aromatic rings. The number of hydrogen-bond donors (Lipinski definition) is 8. The van der Waals surface area contributed by atoms with Crippen molar-refractivity contribution in [2.45, 2.75) is 123 Å². The third kappa shape index (κ3) is 27.8. The van der Waals surface area contributed by atoms with Crippen LogP contribution >= 0.6 is 23.2 Å². The molecule has 13 rings (SSSR count). The highest BCUT2D eigenvalue weighted by molar-refractivity contribution is 6.40. The molecule has 0 bridgehead atoms. The summed E-state index contributed by atoms with van der Waals surface area (Å²) in [6, 6.07) is 34.2. The van der Waals surface area contributed by atoms with Gasteiger partial charge in [-0.2, -0.15) is 15.0 Å². The van der Waals surface area contributed by atoms with E-state index in [2.05, 4.69) is 71.4 Å². The SMILES string of the molecule is CC(C)(C)OC(=O)N1CCC[C@H]1CNc1cnc(-c2cncc(F)c2)nc1Oc1ccc(N)cc1.CC(C)(C)OC(=O)N1CCC[C@H]1CNc1cnc(-c2cncc(F)c2)nc1Oc1ccc(NC(=O)OCc2ccccc2)cc1.CCO.ClCCl.Nc1ccc(Oc2nc(-c3cncc(F)c3)ncc2NC[C@@H]2CCCN2)cc1. The van der Waals surface area contributed by atoms with Crippen LogP contribution in [0.25, 0.3) is 34.2 Å². The number of aliphatic hydroxyl groups excluding tert-OH is 1. The number of rotatable bonds is 21. The standard InChI is InChI=1S/C33H35FN6O5.C25H29FN6O3.C20H21FN6O.C2H6O.CH2Cl2/c1-33(2,3)45-32(42)40-15-7-10-26(40)19-36-28-20-37-29(23-16-24(34)18-35-17-23)39-30(28)44-27-13-11-25(12-14-27)38-31(41)43-21-22-8-5-4-6-9-22;1-25(2,3)35-24(33)32-10-4-5-19(32)14-29-21-15-30-22(16-11-17(26)13-28-12-16)31-23(21)34-20-8-6-18(27)7-9-20;21-14-8-13(9-23-10-14)19-26-12-18(25-11-16-2-1-7-24-16)20(27-19)28-17-5-3-15(22)4-6-17;1-2-3;2-1-3/h4-6,8-9,11-14,16-18,20,26,36H,7,10,15,19,21H2,1-3H3,(H,38,41);6-9,11-13,15,19,29H,4-5,10,14,27H2,1-3H3;3-6,8-10,12,16,24-25H,1-2,7,11,22H2;3H,2H2,1H3;1H2/t26-;19-;16-;;/m000../s1. The second kappa shape index (κ2) is 42.6. The number of benzene rings is 4. The topological polar surface area (TPSA) is 361 Å². The number of carbonyl (C=O) groups excluding carboxylic acids is 3. The van der Waals surface area contributed by atoms with Crippen molar-refractivity contribution < 1.29 is 61.1 Å². The van der Waals surface area contributed by atoms with Crippen molar-refractivity contribution in [2.75, 3.05) is 83.9 Å². The Bertz CT molecular complexity index is 4710. The van der Waals surface area contributed by atoms with Crippen LogP contribution in [-0.4, -0.2) is 159 Å². The van der Waals surface area contributed by atoms with Crippen LogP contribution in [0.1, 0.15) is 92.6 Å². The molecular weight excluding hydrogens is 1510 g/mol. The van der Waals surface area contributed by atoms with E-state index in [1.54, 1.807) is 108 Å². The van der Waals surface area contributed by atoms with Gasteiger partial charge < -0.3 is 76.1 Å². The Morgan fingerprint density at radius 3 is 1.27 bits per heavy atom. The van der Waals surface area contributed by atoms with Crippen LogP contribution in [0.5, 0.6) is 34.9 Å². The maximum absolute atomic E-state index is 13.9. The zero-order chi connectivity index (χ0) is 81.6. The van der Waals surface area contributed by atoms with Crippen LogP contribution in [-0.2, 0) is 20.8 Å². The van der Waals surface area contributed by atoms with Crippen molar-refractivity contribution in [3.63, 3.8) is 0 Å². The summed E-state index contributed by atoms with van der Waals surface area (Å²) in [6.07, 6.45) is 17.0. The molecule has 3 fully saturated rings. The van der Waals surface area contributed by atoms with Gasteiger partial charge in [-0.3, -0.25) is 20.3 Å². The number of nitrogens with zero attached hydrogens (tertiary/aromatic N) is 11. The van der Waals surface area contributed by atoms with Crippen molar-refractivity contribution in [1.82, 2.24) is 60.0 Å². The Labute approximate surface area is 669 Å². The molecule has 602 valence electrons. The van der Waals surface area contributed by atoms with Crippen molar-refractivity contribution in [3.8, 4) is 69.1 Å². The lowest BCUT2D eigenvalue weighted by Crippen LogP contribution is -2.42. The van der Waals surface area contributed by atoms with E-state index in [4.69, 9.17) is 68.2 Å². The maximum atomic E-state index is 13.9. The van der Waals surface area contributed by atoms with E-state index in [0.717, 1.165) is 69.3 Å². The van der Waals surface area contributed by atoms with Gasteiger partial charge in [0.1, 0.15) is 69.6 Å². The fourth-order valence-electron chi connectivity index (χ4n) is 11.4. The number of nitrogens with one attached hydrogen (secondary N) is 5. The van der Waals surface area contributed by atoms with Crippen LogP contribution in [0.15, 0.2) is 177 Å². The lowest BCUT2D eigenvalue weighted by molar-refractivity contribution is 0.0224. The van der Waals surface area contributed by atoms with Gasteiger partial charge in [-0.05, 0) is 190 Å². The third-order valence-electron chi connectivity index (χ3n) is 16.6. The molecule has 9 heterocycles. The number of anilines is 6. The summed E-state index contributed by atoms with van der Waals surface area (Å²) >= 11 is 9.53. The van der Waals surface area contributed by atoms with Gasteiger partial charge in [0.15, 0.2) is 17.5 Å². The highest BCUT2D eigenvalue weighted by atomic mass is 35.5. The van der Waals surface area contributed by atoms with Crippen molar-refractivity contribution in [3.05, 3.63) is 200 Å². The summed E-state index contributed by atoms with van der Waals surface area (Å²) in [7, 11) is 0. The van der Waals surface area contributed by atoms with Crippen molar-refractivity contribution in [1.29, 1.82) is 0 Å². The van der Waals surface area contributed by atoms with Gasteiger partial charge in [-0.15, -0.1) is 23.2 Å². The van der Waals surface area contributed by atoms with Gasteiger partial charge in [0.25, 0.3) is 0 Å². The second-order valence-corrected chi connectivity index (χ2v) is 28.7. The Morgan fingerprint density at radius 1 is 0.535 bits per heavy atom. The van der Waals surface area contributed by atoms with E-state index < -0.39 is 34.7 Å². The van der Waals surface area contributed by atoms with E-state index in [0.29, 0.717) is 112 Å². The van der Waals surface area contributed by atoms with E-state index >= 15 is 0 Å². The van der Waals surface area contributed by atoms with E-state index in [1.165, 1.54) is 43.2 Å². The number of pyridine rings is 3. The Hall–Kier alpha value is -11.9. The predicted octanol–water partition coefficient (Wildman–Crippen LogP) is 16.5. The maximum Gasteiger partial charge on any atom is 0.411 e. The summed E-state index contributed by atoms with van der Waals surface area (Å²) < 4.78 is 75.7. The predicted molar refractivity (Wildman–Crippen MR) is 432 cm³/mol. The molecule has 0 spiro atoms. The molecule has 33 heteroatoms. The number of nitrogen functional groups attached to an aromatic ring is 2. The Balaban J connectivity index is 0.000000194. The first kappa shape index (κ1) is 86.1. The van der Waals surface area contributed by atoms with Gasteiger partial charge in [0.2, 0.25) is 17.6 Å². The van der Waals surface area contributed by atoms with Crippen molar-refractivity contribution >= 4 is 75.6 Å². The highest BCUT2D eigenvalue weighted by Gasteiger charge is 2.34. The van der Waals surface area contributed by atoms with Gasteiger partial charge in [-0.25, -0.2) is 42.5 Å². The van der Waals surface area contributed by atoms with Crippen LogP contribution < -0.4 is 52.3 Å². The molecule has 3 amide bonds. The first-order valence-corrected chi connectivity index (χ1v) is 37.8. The fraction of sp³-hybridized carbons (Fsp3) is 0.333. The highest BCUT2D eigenvalue weighted by Crippen LogP contribution is 2.35. The molecule has 0 radical (unpaired) electrons. The number of nitrogens with two attached hydrogens (primary N) is 2. The molecule has 4 aromatic carbocycles. The molecule has 0 saturated carbocycles. The van der Waals surface area contributed by atoms with Gasteiger partial charge in [0.05, 0.1) is 54.6 Å². The molecule has 10 N–H and O–H groups in total. The monoisotopic (exact) mass is 1600 g/mol. The molecule has 3 aliphatic rings. The minimum absolute atomic E-state index is 0.0543. The largest absolute Gasteiger partial charge is 0.444 e. The number of ether oxygens (including phenoxy) is 6. The first-order valence-electron chi connectivity index (χ1n) is 36.7. The minimum Gasteiger partial charge on any atom is -0.444 e. The van der Waals surface area contributed by atoms with E-state index in [-0.39, 0.29) is 66.2 Å². The molecule has 114 heavy (non-hydrogen) atoms. The van der Waals surface area contributed by atoms with Gasteiger partial charge in [-0.1, -0.05) is 30.3 Å². The Kier molecular flexibility index (Phi) is 32.2. The van der Waals surface area contributed by atoms with Crippen LogP contribution in [0.3, 0.4) is 0 Å². The summed E-state index contributed by atoms with van der Waals surface area (Å²) in [5, 5.41) is 23.9. The summed E-state index contributed by atoms with van der Waals surface area (Å²) in [6.45, 7) is 17.0. The third-order valence-corrected chi connectivity index (χ3v) is 16.6. The molecule has 0 unspecified atom stereocenters.